The van der Waals surface area contributed by atoms with Gasteiger partial charge in [-0.15, -0.1) is 0 Å². The van der Waals surface area contributed by atoms with Crippen LogP contribution in [0.15, 0.2) is 40.9 Å². The summed E-state index contributed by atoms with van der Waals surface area (Å²) in [6.45, 7) is 2.53. The summed E-state index contributed by atoms with van der Waals surface area (Å²) in [5.41, 5.74) is 1.29. The number of benzene rings is 1. The molecule has 2 rings (SSSR count). The Bertz CT molecular complexity index is 423. The minimum atomic E-state index is 0.505. The summed E-state index contributed by atoms with van der Waals surface area (Å²) in [7, 11) is 0. The summed E-state index contributed by atoms with van der Waals surface area (Å²) in [6, 6.07) is 10.3. The molecule has 0 unspecified atom stereocenters. The number of aromatic nitrogens is 1. The van der Waals surface area contributed by atoms with Gasteiger partial charge in [-0.3, -0.25) is 0 Å². The van der Waals surface area contributed by atoms with Gasteiger partial charge in [-0.1, -0.05) is 30.3 Å². The fourth-order valence-corrected chi connectivity index (χ4v) is 1.51. The van der Waals surface area contributed by atoms with Gasteiger partial charge in [0, 0.05) is 6.42 Å². The first-order valence-electron chi connectivity index (χ1n) is 5.50. The highest BCUT2D eigenvalue weighted by Gasteiger charge is 2.04. The zero-order valence-corrected chi connectivity index (χ0v) is 9.35. The van der Waals surface area contributed by atoms with Crippen LogP contribution in [-0.2, 0) is 12.8 Å². The van der Waals surface area contributed by atoms with Crippen molar-refractivity contribution in [2.45, 2.75) is 19.8 Å². The highest BCUT2D eigenvalue weighted by molar-refractivity contribution is 5.15. The third-order valence-electron chi connectivity index (χ3n) is 2.29. The molecule has 84 valence electrons. The standard InChI is InChI=1S/C13H15NO2/c1-2-15-13-10-14-12(16-13)9-8-11-6-4-3-5-7-11/h3-7,10H,2,8-9H2,1H3. The zero-order valence-electron chi connectivity index (χ0n) is 9.35. The molecule has 3 nitrogen and oxygen atoms in total. The van der Waals surface area contributed by atoms with E-state index in [0.29, 0.717) is 12.6 Å². The van der Waals surface area contributed by atoms with Crippen LogP contribution >= 0.6 is 0 Å². The highest BCUT2D eigenvalue weighted by Crippen LogP contribution is 2.14. The maximum absolute atomic E-state index is 5.41. The average molecular weight is 217 g/mol. The van der Waals surface area contributed by atoms with Gasteiger partial charge in [-0.2, -0.15) is 0 Å². The van der Waals surface area contributed by atoms with E-state index in [9.17, 15) is 0 Å². The first-order chi connectivity index (χ1) is 7.88. The second-order valence-corrected chi connectivity index (χ2v) is 3.49. The van der Waals surface area contributed by atoms with Gasteiger partial charge in [0.15, 0.2) is 5.89 Å². The summed E-state index contributed by atoms with van der Waals surface area (Å²) in [5, 5.41) is 0. The molecule has 0 amide bonds. The van der Waals surface area contributed by atoms with E-state index in [-0.39, 0.29) is 0 Å². The fourth-order valence-electron chi connectivity index (χ4n) is 1.51. The first kappa shape index (κ1) is 10.7. The molecule has 0 atom stereocenters. The van der Waals surface area contributed by atoms with Crippen LogP contribution in [0.4, 0.5) is 0 Å². The Morgan fingerprint density at radius 1 is 1.19 bits per heavy atom. The molecule has 2 aromatic rings. The molecular weight excluding hydrogens is 202 g/mol. The lowest BCUT2D eigenvalue weighted by molar-refractivity contribution is 0.250. The average Bonchev–Trinajstić information content (AvgIpc) is 2.76. The normalized spacial score (nSPS) is 10.3. The Kier molecular flexibility index (Phi) is 3.59. The SMILES string of the molecule is CCOc1cnc(CCc2ccccc2)o1. The van der Waals surface area contributed by atoms with Crippen molar-refractivity contribution in [3.05, 3.63) is 48.0 Å². The van der Waals surface area contributed by atoms with Crippen molar-refractivity contribution < 1.29 is 9.15 Å². The minimum Gasteiger partial charge on any atom is -0.464 e. The third kappa shape index (κ3) is 2.86. The fraction of sp³-hybridized carbons (Fsp3) is 0.308. The largest absolute Gasteiger partial charge is 0.464 e. The highest BCUT2D eigenvalue weighted by atomic mass is 16.6. The molecule has 0 bridgehead atoms. The third-order valence-corrected chi connectivity index (χ3v) is 2.29. The molecule has 0 radical (unpaired) electrons. The summed E-state index contributed by atoms with van der Waals surface area (Å²) in [4.78, 5) is 4.16. The molecular formula is C13H15NO2. The second-order valence-electron chi connectivity index (χ2n) is 3.49. The predicted molar refractivity (Wildman–Crippen MR) is 61.5 cm³/mol. The molecule has 0 N–H and O–H groups in total. The van der Waals surface area contributed by atoms with Crippen molar-refractivity contribution in [1.29, 1.82) is 0 Å². The van der Waals surface area contributed by atoms with E-state index in [1.165, 1.54) is 5.56 Å². The number of oxazole rings is 1. The van der Waals surface area contributed by atoms with Gasteiger partial charge >= 0.3 is 5.95 Å². The lowest BCUT2D eigenvalue weighted by Crippen LogP contribution is -1.91. The van der Waals surface area contributed by atoms with Crippen molar-refractivity contribution in [2.24, 2.45) is 0 Å². The van der Waals surface area contributed by atoms with Crippen LogP contribution in [0.3, 0.4) is 0 Å². The number of hydrogen-bond donors (Lipinski definition) is 0. The van der Waals surface area contributed by atoms with Crippen LogP contribution in [-0.4, -0.2) is 11.6 Å². The van der Waals surface area contributed by atoms with E-state index in [1.54, 1.807) is 6.20 Å². The van der Waals surface area contributed by atoms with Crippen LogP contribution in [0.1, 0.15) is 18.4 Å². The lowest BCUT2D eigenvalue weighted by Gasteiger charge is -1.98. The van der Waals surface area contributed by atoms with Gasteiger partial charge in [0.1, 0.15) is 6.20 Å². The number of nitrogens with zero attached hydrogens (tertiary/aromatic N) is 1. The molecule has 0 saturated carbocycles. The molecule has 0 aliphatic heterocycles. The summed E-state index contributed by atoms with van der Waals surface area (Å²) >= 11 is 0. The Balaban J connectivity index is 1.89. The van der Waals surface area contributed by atoms with Gasteiger partial charge in [-0.05, 0) is 18.9 Å². The van der Waals surface area contributed by atoms with E-state index in [4.69, 9.17) is 9.15 Å². The number of rotatable bonds is 5. The molecule has 0 aliphatic rings. The summed E-state index contributed by atoms with van der Waals surface area (Å²) < 4.78 is 10.6. The van der Waals surface area contributed by atoms with Gasteiger partial charge in [0.05, 0.1) is 6.61 Å². The minimum absolute atomic E-state index is 0.505. The molecule has 1 aromatic heterocycles. The van der Waals surface area contributed by atoms with Crippen molar-refractivity contribution >= 4 is 0 Å². The lowest BCUT2D eigenvalue weighted by atomic mass is 10.1. The molecule has 0 spiro atoms. The molecule has 0 aliphatic carbocycles. The Labute approximate surface area is 95.1 Å². The summed E-state index contributed by atoms with van der Waals surface area (Å²) in [6.07, 6.45) is 3.37. The molecule has 16 heavy (non-hydrogen) atoms. The van der Waals surface area contributed by atoms with E-state index in [0.717, 1.165) is 18.7 Å². The van der Waals surface area contributed by atoms with Gasteiger partial charge in [0.25, 0.3) is 0 Å². The smallest absolute Gasteiger partial charge is 0.305 e. The van der Waals surface area contributed by atoms with Crippen molar-refractivity contribution in [3.8, 4) is 5.95 Å². The maximum atomic E-state index is 5.41. The van der Waals surface area contributed by atoms with Crippen LogP contribution < -0.4 is 4.74 Å². The number of ether oxygens (including phenoxy) is 1. The topological polar surface area (TPSA) is 35.3 Å². The van der Waals surface area contributed by atoms with Crippen molar-refractivity contribution in [3.63, 3.8) is 0 Å². The van der Waals surface area contributed by atoms with Gasteiger partial charge < -0.3 is 9.15 Å². The number of aryl methyl sites for hydroxylation is 2. The van der Waals surface area contributed by atoms with Crippen LogP contribution in [0, 0.1) is 0 Å². The van der Waals surface area contributed by atoms with E-state index in [1.807, 2.05) is 25.1 Å². The zero-order chi connectivity index (χ0) is 11.2. The van der Waals surface area contributed by atoms with Gasteiger partial charge in [-0.25, -0.2) is 4.98 Å². The van der Waals surface area contributed by atoms with E-state index >= 15 is 0 Å². The molecule has 1 aromatic carbocycles. The Hall–Kier alpha value is -1.77. The Morgan fingerprint density at radius 3 is 2.75 bits per heavy atom. The second kappa shape index (κ2) is 5.35. The van der Waals surface area contributed by atoms with Crippen molar-refractivity contribution in [2.75, 3.05) is 6.61 Å². The molecule has 3 heteroatoms. The van der Waals surface area contributed by atoms with E-state index in [2.05, 4.69) is 17.1 Å². The molecule has 1 heterocycles. The molecule has 0 saturated heterocycles. The maximum Gasteiger partial charge on any atom is 0.305 e. The molecule has 0 fully saturated rings. The first-order valence-corrected chi connectivity index (χ1v) is 5.50. The van der Waals surface area contributed by atoms with Gasteiger partial charge in [0.2, 0.25) is 0 Å². The van der Waals surface area contributed by atoms with E-state index < -0.39 is 0 Å². The predicted octanol–water partition coefficient (Wildman–Crippen LogP) is 2.86. The van der Waals surface area contributed by atoms with Crippen LogP contribution in [0.25, 0.3) is 0 Å². The monoisotopic (exact) mass is 217 g/mol. The summed E-state index contributed by atoms with van der Waals surface area (Å²) in [5.74, 6) is 1.23. The van der Waals surface area contributed by atoms with Crippen LogP contribution in [0.2, 0.25) is 0 Å². The quantitative estimate of drug-likeness (QED) is 0.772. The van der Waals surface area contributed by atoms with Crippen LogP contribution in [0.5, 0.6) is 5.95 Å². The van der Waals surface area contributed by atoms with Crippen molar-refractivity contribution in [1.82, 2.24) is 4.98 Å². The Morgan fingerprint density at radius 2 is 2.00 bits per heavy atom. The number of hydrogen-bond acceptors (Lipinski definition) is 3.